The molecular weight excluding hydrogens is 307 g/mol. The van der Waals surface area contributed by atoms with E-state index in [1.165, 1.54) is 6.07 Å². The summed E-state index contributed by atoms with van der Waals surface area (Å²) in [6.07, 6.45) is 2.75. The lowest BCUT2D eigenvalue weighted by Crippen LogP contribution is -2.48. The van der Waals surface area contributed by atoms with Crippen molar-refractivity contribution in [2.75, 3.05) is 30.0 Å². The van der Waals surface area contributed by atoms with Crippen LogP contribution < -0.4 is 10.2 Å². The number of rotatable bonds is 5. The number of anilines is 1. The number of nitrogens with one attached hydrogen (secondary N) is 1. The van der Waals surface area contributed by atoms with Gasteiger partial charge in [-0.3, -0.25) is 4.79 Å². The molecule has 1 heterocycles. The van der Waals surface area contributed by atoms with Crippen LogP contribution in [0.2, 0.25) is 0 Å². The Morgan fingerprint density at radius 1 is 1.41 bits per heavy atom. The molecule has 1 fully saturated rings. The minimum atomic E-state index is -3.14. The van der Waals surface area contributed by atoms with Gasteiger partial charge in [0.25, 0.3) is 0 Å². The Bertz CT molecular complexity index is 633. The Labute approximate surface area is 130 Å². The van der Waals surface area contributed by atoms with Crippen molar-refractivity contribution in [3.05, 3.63) is 30.1 Å². The largest absolute Gasteiger partial charge is 0.367 e. The number of piperidine rings is 1. The van der Waals surface area contributed by atoms with Gasteiger partial charge in [0.1, 0.15) is 15.7 Å². The number of para-hydroxylation sites is 1. The highest BCUT2D eigenvalue weighted by Gasteiger charge is 2.23. The number of carbonyl (C=O) groups is 1. The topological polar surface area (TPSA) is 66.5 Å². The van der Waals surface area contributed by atoms with Gasteiger partial charge in [0, 0.05) is 31.8 Å². The first kappa shape index (κ1) is 16.7. The van der Waals surface area contributed by atoms with Crippen LogP contribution >= 0.6 is 0 Å². The molecule has 1 unspecified atom stereocenters. The number of halogens is 1. The predicted molar refractivity (Wildman–Crippen MR) is 84.1 cm³/mol. The molecular formula is C15H21FN2O3S. The van der Waals surface area contributed by atoms with Crippen molar-refractivity contribution in [1.29, 1.82) is 0 Å². The maximum Gasteiger partial charge on any atom is 0.221 e. The van der Waals surface area contributed by atoms with Gasteiger partial charge in [0.2, 0.25) is 5.91 Å². The van der Waals surface area contributed by atoms with Gasteiger partial charge >= 0.3 is 0 Å². The number of amides is 1. The van der Waals surface area contributed by atoms with E-state index in [1.54, 1.807) is 18.2 Å². The SMILES string of the molecule is CS(=O)(=O)CCC(=O)NC1CCCN(c2ccccc2F)C1. The normalized spacial score (nSPS) is 19.0. The predicted octanol–water partition coefficient (Wildman–Crippen LogP) is 1.35. The van der Waals surface area contributed by atoms with Gasteiger partial charge in [0.15, 0.2) is 0 Å². The van der Waals surface area contributed by atoms with Gasteiger partial charge in [-0.15, -0.1) is 0 Å². The quantitative estimate of drug-likeness (QED) is 0.886. The molecule has 7 heteroatoms. The van der Waals surface area contributed by atoms with Crippen LogP contribution in [0.25, 0.3) is 0 Å². The fourth-order valence-corrected chi connectivity index (χ4v) is 3.16. The van der Waals surface area contributed by atoms with Crippen molar-refractivity contribution in [1.82, 2.24) is 5.32 Å². The van der Waals surface area contributed by atoms with Gasteiger partial charge < -0.3 is 10.2 Å². The second-order valence-electron chi connectivity index (χ2n) is 5.68. The first-order chi connectivity index (χ1) is 10.3. The van der Waals surface area contributed by atoms with Crippen LogP contribution in [-0.2, 0) is 14.6 Å². The third-order valence-corrected chi connectivity index (χ3v) is 4.63. The molecule has 0 aliphatic carbocycles. The molecule has 1 aromatic rings. The first-order valence-corrected chi connectivity index (χ1v) is 9.38. The molecule has 1 aromatic carbocycles. The Morgan fingerprint density at radius 2 is 2.14 bits per heavy atom. The number of carbonyl (C=O) groups excluding carboxylic acids is 1. The molecule has 1 N–H and O–H groups in total. The number of sulfone groups is 1. The van der Waals surface area contributed by atoms with Gasteiger partial charge in [-0.25, -0.2) is 12.8 Å². The van der Waals surface area contributed by atoms with E-state index >= 15 is 0 Å². The Hall–Kier alpha value is -1.63. The van der Waals surface area contributed by atoms with Crippen LogP contribution in [0.15, 0.2) is 24.3 Å². The average molecular weight is 328 g/mol. The van der Waals surface area contributed by atoms with Crippen LogP contribution in [0.1, 0.15) is 19.3 Å². The zero-order valence-corrected chi connectivity index (χ0v) is 13.4. The summed E-state index contributed by atoms with van der Waals surface area (Å²) in [4.78, 5) is 13.7. The van der Waals surface area contributed by atoms with Crippen molar-refractivity contribution in [2.24, 2.45) is 0 Å². The highest BCUT2D eigenvalue weighted by atomic mass is 32.2. The molecule has 0 aromatic heterocycles. The fraction of sp³-hybridized carbons (Fsp3) is 0.533. The molecule has 122 valence electrons. The van der Waals surface area contributed by atoms with Crippen molar-refractivity contribution >= 4 is 21.4 Å². The van der Waals surface area contributed by atoms with E-state index in [4.69, 9.17) is 0 Å². The molecule has 1 saturated heterocycles. The summed E-state index contributed by atoms with van der Waals surface area (Å²) in [5.41, 5.74) is 0.539. The Balaban J connectivity index is 1.91. The Morgan fingerprint density at radius 3 is 2.82 bits per heavy atom. The van der Waals surface area contributed by atoms with Gasteiger partial charge in [0.05, 0.1) is 11.4 Å². The smallest absolute Gasteiger partial charge is 0.221 e. The van der Waals surface area contributed by atoms with Crippen molar-refractivity contribution in [2.45, 2.75) is 25.3 Å². The molecule has 0 bridgehead atoms. The van der Waals surface area contributed by atoms with E-state index in [0.717, 1.165) is 25.6 Å². The summed E-state index contributed by atoms with van der Waals surface area (Å²) in [6, 6.07) is 6.49. The lowest BCUT2D eigenvalue weighted by atomic mass is 10.0. The minimum Gasteiger partial charge on any atom is -0.367 e. The second-order valence-corrected chi connectivity index (χ2v) is 7.94. The number of nitrogens with zero attached hydrogens (tertiary/aromatic N) is 1. The molecule has 1 atom stereocenters. The van der Waals surface area contributed by atoms with Crippen LogP contribution in [0, 0.1) is 5.82 Å². The summed E-state index contributed by atoms with van der Waals surface area (Å²) < 4.78 is 36.0. The zero-order chi connectivity index (χ0) is 16.2. The van der Waals surface area contributed by atoms with Crippen LogP contribution in [-0.4, -0.2) is 45.5 Å². The number of hydrogen-bond donors (Lipinski definition) is 1. The monoisotopic (exact) mass is 328 g/mol. The van der Waals surface area contributed by atoms with E-state index in [1.807, 2.05) is 4.90 Å². The van der Waals surface area contributed by atoms with E-state index in [0.29, 0.717) is 12.2 Å². The molecule has 0 saturated carbocycles. The molecule has 1 amide bonds. The summed E-state index contributed by atoms with van der Waals surface area (Å²) >= 11 is 0. The number of benzene rings is 1. The molecule has 5 nitrogen and oxygen atoms in total. The molecule has 22 heavy (non-hydrogen) atoms. The highest BCUT2D eigenvalue weighted by molar-refractivity contribution is 7.90. The van der Waals surface area contributed by atoms with Crippen molar-refractivity contribution < 1.29 is 17.6 Å². The van der Waals surface area contributed by atoms with Gasteiger partial charge in [-0.1, -0.05) is 12.1 Å². The minimum absolute atomic E-state index is 0.0327. The van der Waals surface area contributed by atoms with Crippen molar-refractivity contribution in [3.63, 3.8) is 0 Å². The summed E-state index contributed by atoms with van der Waals surface area (Å²) in [7, 11) is -3.14. The van der Waals surface area contributed by atoms with Crippen LogP contribution in [0.5, 0.6) is 0 Å². The maximum atomic E-state index is 13.8. The zero-order valence-electron chi connectivity index (χ0n) is 12.6. The molecule has 0 radical (unpaired) electrons. The van der Waals surface area contributed by atoms with E-state index in [2.05, 4.69) is 5.32 Å². The molecule has 0 spiro atoms. The number of hydrogen-bond acceptors (Lipinski definition) is 4. The Kier molecular flexibility index (Phi) is 5.39. The van der Waals surface area contributed by atoms with Gasteiger partial charge in [-0.05, 0) is 25.0 Å². The van der Waals surface area contributed by atoms with Crippen LogP contribution in [0.4, 0.5) is 10.1 Å². The third-order valence-electron chi connectivity index (χ3n) is 3.68. The molecule has 1 aliphatic rings. The van der Waals surface area contributed by atoms with Crippen molar-refractivity contribution in [3.8, 4) is 0 Å². The maximum absolute atomic E-state index is 13.8. The molecule has 2 rings (SSSR count). The van der Waals surface area contributed by atoms with E-state index in [-0.39, 0.29) is 29.9 Å². The van der Waals surface area contributed by atoms with Gasteiger partial charge in [-0.2, -0.15) is 0 Å². The van der Waals surface area contributed by atoms with E-state index < -0.39 is 9.84 Å². The lowest BCUT2D eigenvalue weighted by Gasteiger charge is -2.35. The summed E-state index contributed by atoms with van der Waals surface area (Å²) in [5.74, 6) is -0.694. The summed E-state index contributed by atoms with van der Waals surface area (Å²) in [5, 5.41) is 2.84. The first-order valence-electron chi connectivity index (χ1n) is 7.32. The second kappa shape index (κ2) is 7.09. The van der Waals surface area contributed by atoms with E-state index in [9.17, 15) is 17.6 Å². The standard InChI is InChI=1S/C15H21FN2O3S/c1-22(20,21)10-8-15(19)17-12-5-4-9-18(11-12)14-7-3-2-6-13(14)16/h2-3,6-7,12H,4-5,8-11H2,1H3,(H,17,19). The highest BCUT2D eigenvalue weighted by Crippen LogP contribution is 2.22. The van der Waals surface area contributed by atoms with Crippen LogP contribution in [0.3, 0.4) is 0 Å². The summed E-state index contributed by atoms with van der Waals surface area (Å²) in [6.45, 7) is 1.28. The average Bonchev–Trinajstić information content (AvgIpc) is 2.45. The fourth-order valence-electron chi connectivity index (χ4n) is 2.60. The lowest BCUT2D eigenvalue weighted by molar-refractivity contribution is -0.121. The molecule has 1 aliphatic heterocycles. The third kappa shape index (κ3) is 4.98.